The van der Waals surface area contributed by atoms with Crippen molar-refractivity contribution >= 4 is 22.6 Å². The van der Waals surface area contributed by atoms with E-state index in [1.54, 1.807) is 0 Å². The standard InChI is InChI=1S/C14H22INO/c1-12(2)14(10-15)16-8-9-17-11-13-6-4-3-5-7-13/h3-7,12,14,16H,8-11H2,1-2H3. The number of alkyl halides is 1. The van der Waals surface area contributed by atoms with Gasteiger partial charge in [-0.25, -0.2) is 0 Å². The van der Waals surface area contributed by atoms with Crippen molar-refractivity contribution in [1.29, 1.82) is 0 Å². The summed E-state index contributed by atoms with van der Waals surface area (Å²) in [6.07, 6.45) is 0. The van der Waals surface area contributed by atoms with Crippen molar-refractivity contribution in [2.75, 3.05) is 17.6 Å². The second kappa shape index (κ2) is 8.89. The number of benzene rings is 1. The van der Waals surface area contributed by atoms with Crippen molar-refractivity contribution in [2.45, 2.75) is 26.5 Å². The molecule has 0 saturated carbocycles. The van der Waals surface area contributed by atoms with E-state index in [0.717, 1.165) is 17.6 Å². The van der Waals surface area contributed by atoms with Crippen LogP contribution in [0, 0.1) is 5.92 Å². The van der Waals surface area contributed by atoms with E-state index in [2.05, 4.69) is 53.9 Å². The first-order valence-electron chi connectivity index (χ1n) is 6.15. The van der Waals surface area contributed by atoms with Gasteiger partial charge in [0.05, 0.1) is 13.2 Å². The lowest BCUT2D eigenvalue weighted by atomic mass is 10.1. The van der Waals surface area contributed by atoms with Crippen LogP contribution < -0.4 is 5.32 Å². The minimum atomic E-state index is 0.593. The fourth-order valence-corrected chi connectivity index (χ4v) is 2.88. The smallest absolute Gasteiger partial charge is 0.0717 e. The summed E-state index contributed by atoms with van der Waals surface area (Å²) in [6.45, 7) is 6.91. The van der Waals surface area contributed by atoms with Gasteiger partial charge >= 0.3 is 0 Å². The second-order valence-corrected chi connectivity index (χ2v) is 5.38. The van der Waals surface area contributed by atoms with Crippen LogP contribution in [0.2, 0.25) is 0 Å². The van der Waals surface area contributed by atoms with Gasteiger partial charge in [-0.3, -0.25) is 0 Å². The maximum atomic E-state index is 5.63. The van der Waals surface area contributed by atoms with E-state index in [1.807, 2.05) is 18.2 Å². The van der Waals surface area contributed by atoms with Gasteiger partial charge in [-0.05, 0) is 11.5 Å². The second-order valence-electron chi connectivity index (χ2n) is 4.50. The molecule has 0 aliphatic rings. The van der Waals surface area contributed by atoms with E-state index in [4.69, 9.17) is 4.74 Å². The van der Waals surface area contributed by atoms with Crippen LogP contribution in [0.1, 0.15) is 19.4 Å². The molecule has 0 aliphatic heterocycles. The van der Waals surface area contributed by atoms with Gasteiger partial charge in [-0.2, -0.15) is 0 Å². The fraction of sp³-hybridized carbons (Fsp3) is 0.571. The molecule has 0 amide bonds. The molecule has 3 heteroatoms. The predicted octanol–water partition coefficient (Wildman–Crippen LogP) is 3.25. The van der Waals surface area contributed by atoms with Gasteiger partial charge in [-0.1, -0.05) is 66.8 Å². The SMILES string of the molecule is CC(C)C(CI)NCCOCc1ccccc1. The maximum absolute atomic E-state index is 5.63. The van der Waals surface area contributed by atoms with Crippen LogP contribution in [0.25, 0.3) is 0 Å². The van der Waals surface area contributed by atoms with Crippen LogP contribution in [0.4, 0.5) is 0 Å². The summed E-state index contributed by atoms with van der Waals surface area (Å²) in [4.78, 5) is 0. The summed E-state index contributed by atoms with van der Waals surface area (Å²) < 4.78 is 6.78. The quantitative estimate of drug-likeness (QED) is 0.443. The Balaban J connectivity index is 2.08. The molecule has 0 fully saturated rings. The molecule has 0 saturated heterocycles. The molecular weight excluding hydrogens is 325 g/mol. The molecule has 0 spiro atoms. The third-order valence-corrected chi connectivity index (χ3v) is 3.68. The highest BCUT2D eigenvalue weighted by Crippen LogP contribution is 2.04. The molecule has 0 aliphatic carbocycles. The molecule has 1 aromatic rings. The molecular formula is C14H22INO. The summed E-state index contributed by atoms with van der Waals surface area (Å²) in [5, 5.41) is 3.52. The van der Waals surface area contributed by atoms with Gasteiger partial charge in [-0.15, -0.1) is 0 Å². The summed E-state index contributed by atoms with van der Waals surface area (Å²) in [7, 11) is 0. The average molecular weight is 347 g/mol. The van der Waals surface area contributed by atoms with Gasteiger partial charge in [0.2, 0.25) is 0 Å². The normalized spacial score (nSPS) is 12.9. The Kier molecular flexibility index (Phi) is 7.81. The monoisotopic (exact) mass is 347 g/mol. The first-order valence-corrected chi connectivity index (χ1v) is 7.67. The van der Waals surface area contributed by atoms with Crippen LogP contribution >= 0.6 is 22.6 Å². The van der Waals surface area contributed by atoms with Crippen LogP contribution in [0.15, 0.2) is 30.3 Å². The Morgan fingerprint density at radius 2 is 1.94 bits per heavy atom. The molecule has 2 nitrogen and oxygen atoms in total. The van der Waals surface area contributed by atoms with Crippen molar-refractivity contribution in [1.82, 2.24) is 5.32 Å². The fourth-order valence-electron chi connectivity index (χ4n) is 1.55. The third-order valence-electron chi connectivity index (χ3n) is 2.74. The van der Waals surface area contributed by atoms with Gasteiger partial charge in [0.1, 0.15) is 0 Å². The molecule has 0 aromatic heterocycles. The molecule has 17 heavy (non-hydrogen) atoms. The van der Waals surface area contributed by atoms with E-state index in [-0.39, 0.29) is 0 Å². The predicted molar refractivity (Wildman–Crippen MR) is 81.6 cm³/mol. The molecule has 0 bridgehead atoms. The van der Waals surface area contributed by atoms with Gasteiger partial charge in [0.15, 0.2) is 0 Å². The highest BCUT2D eigenvalue weighted by Gasteiger charge is 2.09. The third kappa shape index (κ3) is 6.38. The summed E-state index contributed by atoms with van der Waals surface area (Å²) in [6, 6.07) is 10.9. The molecule has 1 rings (SSSR count). The van der Waals surface area contributed by atoms with E-state index in [9.17, 15) is 0 Å². The number of rotatable bonds is 8. The lowest BCUT2D eigenvalue weighted by Gasteiger charge is -2.19. The Labute approximate surface area is 118 Å². The van der Waals surface area contributed by atoms with E-state index in [0.29, 0.717) is 18.6 Å². The highest BCUT2D eigenvalue weighted by molar-refractivity contribution is 14.1. The molecule has 1 N–H and O–H groups in total. The maximum Gasteiger partial charge on any atom is 0.0717 e. The van der Waals surface area contributed by atoms with Gasteiger partial charge in [0, 0.05) is 17.0 Å². The Morgan fingerprint density at radius 1 is 1.24 bits per heavy atom. The minimum absolute atomic E-state index is 0.593. The highest BCUT2D eigenvalue weighted by atomic mass is 127. The van der Waals surface area contributed by atoms with Crippen molar-refractivity contribution in [3.63, 3.8) is 0 Å². The minimum Gasteiger partial charge on any atom is -0.375 e. The Bertz CT molecular complexity index is 290. The van der Waals surface area contributed by atoms with Gasteiger partial charge < -0.3 is 10.1 Å². The van der Waals surface area contributed by atoms with E-state index < -0.39 is 0 Å². The first-order chi connectivity index (χ1) is 8.24. The molecule has 1 unspecified atom stereocenters. The number of hydrogen-bond donors (Lipinski definition) is 1. The number of halogens is 1. The van der Waals surface area contributed by atoms with E-state index in [1.165, 1.54) is 5.56 Å². The van der Waals surface area contributed by atoms with Crippen LogP contribution in [0.3, 0.4) is 0 Å². The van der Waals surface area contributed by atoms with Crippen molar-refractivity contribution in [2.24, 2.45) is 5.92 Å². The zero-order valence-corrected chi connectivity index (χ0v) is 12.8. The number of ether oxygens (including phenoxy) is 1. The molecule has 0 heterocycles. The topological polar surface area (TPSA) is 21.3 Å². The summed E-state index contributed by atoms with van der Waals surface area (Å²) >= 11 is 2.43. The Hall–Kier alpha value is -0.130. The first kappa shape index (κ1) is 14.9. The number of nitrogens with one attached hydrogen (secondary N) is 1. The Morgan fingerprint density at radius 3 is 2.53 bits per heavy atom. The molecule has 1 aromatic carbocycles. The zero-order valence-electron chi connectivity index (χ0n) is 10.7. The molecule has 1 atom stereocenters. The van der Waals surface area contributed by atoms with Crippen LogP contribution in [0.5, 0.6) is 0 Å². The zero-order chi connectivity index (χ0) is 12.5. The van der Waals surface area contributed by atoms with Crippen molar-refractivity contribution < 1.29 is 4.74 Å². The molecule has 0 radical (unpaired) electrons. The lowest BCUT2D eigenvalue weighted by molar-refractivity contribution is 0.120. The number of hydrogen-bond acceptors (Lipinski definition) is 2. The van der Waals surface area contributed by atoms with Gasteiger partial charge in [0.25, 0.3) is 0 Å². The van der Waals surface area contributed by atoms with Crippen LogP contribution in [-0.2, 0) is 11.3 Å². The van der Waals surface area contributed by atoms with E-state index >= 15 is 0 Å². The summed E-state index contributed by atoms with van der Waals surface area (Å²) in [5.74, 6) is 0.682. The summed E-state index contributed by atoms with van der Waals surface area (Å²) in [5.41, 5.74) is 1.24. The van der Waals surface area contributed by atoms with Crippen molar-refractivity contribution in [3.05, 3.63) is 35.9 Å². The lowest BCUT2D eigenvalue weighted by Crippen LogP contribution is -2.37. The largest absolute Gasteiger partial charge is 0.375 e. The van der Waals surface area contributed by atoms with Crippen molar-refractivity contribution in [3.8, 4) is 0 Å². The van der Waals surface area contributed by atoms with Crippen LogP contribution in [-0.4, -0.2) is 23.6 Å². The average Bonchev–Trinajstić information content (AvgIpc) is 2.34. The molecule has 96 valence electrons.